The van der Waals surface area contributed by atoms with Crippen LogP contribution in [0.5, 0.6) is 0 Å². The molecule has 0 aromatic rings. The monoisotopic (exact) mass is 1520 g/mol. The minimum absolute atomic E-state index is 0.108. The number of ether oxygens (including phenoxy) is 4. The van der Waals surface area contributed by atoms with Crippen molar-refractivity contribution in [2.75, 3.05) is 39.6 Å². The van der Waals surface area contributed by atoms with E-state index in [4.69, 9.17) is 37.0 Å². The molecule has 0 aliphatic carbocycles. The van der Waals surface area contributed by atoms with E-state index in [0.29, 0.717) is 25.7 Å². The number of hydrogen-bond acceptors (Lipinski definition) is 15. The van der Waals surface area contributed by atoms with E-state index in [0.717, 1.165) is 108 Å². The summed E-state index contributed by atoms with van der Waals surface area (Å²) in [5, 5.41) is 10.7. The molecule has 3 N–H and O–H groups in total. The smallest absolute Gasteiger partial charge is 0.462 e. The maximum absolute atomic E-state index is 13.1. The fraction of sp³-hybridized carbons (Fsp3) is 0.953. The van der Waals surface area contributed by atoms with Gasteiger partial charge in [-0.15, -0.1) is 0 Å². The summed E-state index contributed by atoms with van der Waals surface area (Å²) < 4.78 is 68.9. The number of carbonyl (C=O) groups is 4. The maximum Gasteiger partial charge on any atom is 0.472 e. The summed E-state index contributed by atoms with van der Waals surface area (Å²) in [6.07, 6.45) is 65.2. The fourth-order valence-electron chi connectivity index (χ4n) is 13.2. The standard InChI is InChI=1S/C85H166O17P2/c1-8-9-10-11-12-13-14-15-16-22-28-33-38-47-54-61-68-85(90)102-81(73-96-83(88)67-60-53-46-41-40-44-51-58-65-78(6)7)75-100-104(93,94)98-71-79(86)70-97-103(91,92)99-74-80(72-95-82(87)66-59-52-45-37-32-27-24-19-21-26-31-36-43-50-57-64-77(4)5)101-84(89)69-62-55-48-39-34-29-23-18-17-20-25-30-35-42-49-56-63-76(2)3/h76-81,86H,8-75H2,1-7H3,(H,91,92)(H,93,94)/t79-,80-,81-/m1/s1. The van der Waals surface area contributed by atoms with Gasteiger partial charge in [0.05, 0.1) is 26.4 Å². The Labute approximate surface area is 638 Å². The Morgan fingerprint density at radius 2 is 0.442 bits per heavy atom. The molecule has 0 spiro atoms. The Balaban J connectivity index is 5.25. The van der Waals surface area contributed by atoms with Crippen LogP contribution in [0.25, 0.3) is 0 Å². The number of hydrogen-bond donors (Lipinski definition) is 3. The minimum Gasteiger partial charge on any atom is -0.462 e. The van der Waals surface area contributed by atoms with Gasteiger partial charge in [0, 0.05) is 25.7 Å². The zero-order valence-electron chi connectivity index (χ0n) is 68.5. The first-order valence-corrected chi connectivity index (χ1v) is 46.8. The lowest BCUT2D eigenvalue weighted by Crippen LogP contribution is -2.30. The molecule has 5 atom stereocenters. The lowest BCUT2D eigenvalue weighted by Gasteiger charge is -2.21. The average molecular weight is 1520 g/mol. The first-order valence-electron chi connectivity index (χ1n) is 43.8. The Morgan fingerprint density at radius 3 is 0.654 bits per heavy atom. The van der Waals surface area contributed by atoms with Crippen LogP contribution in [-0.4, -0.2) is 96.7 Å². The molecule has 0 rings (SSSR count). The predicted octanol–water partition coefficient (Wildman–Crippen LogP) is 25.7. The molecular formula is C85H166O17P2. The van der Waals surface area contributed by atoms with Crippen molar-refractivity contribution in [2.45, 2.75) is 465 Å². The highest BCUT2D eigenvalue weighted by atomic mass is 31.2. The molecule has 618 valence electrons. The van der Waals surface area contributed by atoms with Gasteiger partial charge in [0.25, 0.3) is 0 Å². The molecule has 104 heavy (non-hydrogen) atoms. The Kier molecular flexibility index (Phi) is 73.7. The maximum atomic E-state index is 13.1. The van der Waals surface area contributed by atoms with E-state index in [1.54, 1.807) is 0 Å². The van der Waals surface area contributed by atoms with E-state index in [2.05, 4.69) is 48.5 Å². The van der Waals surface area contributed by atoms with Crippen molar-refractivity contribution in [1.82, 2.24) is 0 Å². The number of unbranched alkanes of at least 4 members (excludes halogenated alkanes) is 51. The minimum atomic E-state index is -4.97. The van der Waals surface area contributed by atoms with E-state index >= 15 is 0 Å². The van der Waals surface area contributed by atoms with Gasteiger partial charge in [-0.05, 0) is 43.4 Å². The van der Waals surface area contributed by atoms with Gasteiger partial charge in [-0.2, -0.15) is 0 Å². The molecular weight excluding hydrogens is 1350 g/mol. The normalized spacial score (nSPS) is 13.9. The quantitative estimate of drug-likeness (QED) is 0.0222. The molecule has 0 aromatic heterocycles. The summed E-state index contributed by atoms with van der Waals surface area (Å²) in [7, 11) is -9.93. The molecule has 0 amide bonds. The molecule has 0 bridgehead atoms. The number of carbonyl (C=O) groups excluding carboxylic acids is 4. The number of esters is 4. The highest BCUT2D eigenvalue weighted by Crippen LogP contribution is 2.45. The topological polar surface area (TPSA) is 237 Å². The van der Waals surface area contributed by atoms with Gasteiger partial charge in [-0.1, -0.05) is 395 Å². The molecule has 0 saturated carbocycles. The van der Waals surface area contributed by atoms with Crippen molar-refractivity contribution in [3.05, 3.63) is 0 Å². The largest absolute Gasteiger partial charge is 0.472 e. The van der Waals surface area contributed by atoms with Gasteiger partial charge in [0.15, 0.2) is 12.2 Å². The van der Waals surface area contributed by atoms with Crippen LogP contribution in [0, 0.1) is 17.8 Å². The lowest BCUT2D eigenvalue weighted by atomic mass is 10.0. The molecule has 2 unspecified atom stereocenters. The highest BCUT2D eigenvalue weighted by molar-refractivity contribution is 7.47. The van der Waals surface area contributed by atoms with Crippen molar-refractivity contribution in [3.63, 3.8) is 0 Å². The van der Waals surface area contributed by atoms with Crippen molar-refractivity contribution in [1.29, 1.82) is 0 Å². The summed E-state index contributed by atoms with van der Waals surface area (Å²) in [5.41, 5.74) is 0. The Hall–Kier alpha value is -1.94. The van der Waals surface area contributed by atoms with Crippen LogP contribution in [0.2, 0.25) is 0 Å². The van der Waals surface area contributed by atoms with E-state index in [9.17, 15) is 43.2 Å². The van der Waals surface area contributed by atoms with Gasteiger partial charge >= 0.3 is 39.5 Å². The number of phosphoric ester groups is 2. The summed E-state index contributed by atoms with van der Waals surface area (Å²) in [4.78, 5) is 73.2. The zero-order valence-corrected chi connectivity index (χ0v) is 70.3. The number of phosphoric acid groups is 2. The van der Waals surface area contributed by atoms with Crippen LogP contribution < -0.4 is 0 Å². The second-order valence-electron chi connectivity index (χ2n) is 32.0. The molecule has 0 heterocycles. The third-order valence-electron chi connectivity index (χ3n) is 19.9. The van der Waals surface area contributed by atoms with Crippen molar-refractivity contribution >= 4 is 39.5 Å². The number of aliphatic hydroxyl groups excluding tert-OH is 1. The van der Waals surface area contributed by atoms with E-state index in [1.807, 2.05) is 0 Å². The lowest BCUT2D eigenvalue weighted by molar-refractivity contribution is -0.161. The van der Waals surface area contributed by atoms with E-state index in [1.165, 1.54) is 257 Å². The van der Waals surface area contributed by atoms with Crippen LogP contribution in [0.1, 0.15) is 447 Å². The van der Waals surface area contributed by atoms with Gasteiger partial charge in [0.2, 0.25) is 0 Å². The summed E-state index contributed by atoms with van der Waals surface area (Å²) in [6, 6.07) is 0. The predicted molar refractivity (Wildman–Crippen MR) is 428 cm³/mol. The molecule has 0 aromatic carbocycles. The molecule has 19 heteroatoms. The van der Waals surface area contributed by atoms with Crippen molar-refractivity contribution in [2.24, 2.45) is 17.8 Å². The molecule has 0 radical (unpaired) electrons. The van der Waals surface area contributed by atoms with Crippen molar-refractivity contribution in [3.8, 4) is 0 Å². The van der Waals surface area contributed by atoms with Crippen LogP contribution >= 0.6 is 15.6 Å². The SMILES string of the molecule is CCCCCCCCCCCCCCCCCCC(=O)O[C@H](COC(=O)CCCCCCCCCCC(C)C)COP(=O)(O)OC[C@H](O)COP(=O)(O)OC[C@@H](COC(=O)CCCCCCCCCCCCCCCCCC(C)C)OC(=O)CCCCCCCCCCCCCCCCCCC(C)C. The molecule has 0 fully saturated rings. The third kappa shape index (κ3) is 78.2. The molecule has 0 saturated heterocycles. The second-order valence-corrected chi connectivity index (χ2v) is 34.9. The van der Waals surface area contributed by atoms with E-state index < -0.39 is 97.5 Å². The third-order valence-corrected chi connectivity index (χ3v) is 21.8. The Bertz CT molecular complexity index is 2010. The van der Waals surface area contributed by atoms with Crippen LogP contribution in [0.4, 0.5) is 0 Å². The summed E-state index contributed by atoms with van der Waals surface area (Å²) in [6.45, 7) is 12.0. The summed E-state index contributed by atoms with van der Waals surface area (Å²) >= 11 is 0. The number of rotatable bonds is 83. The number of aliphatic hydroxyl groups is 1. The van der Waals surface area contributed by atoms with Gasteiger partial charge in [0.1, 0.15) is 19.3 Å². The van der Waals surface area contributed by atoms with Crippen LogP contribution in [0.3, 0.4) is 0 Å². The molecule has 0 aliphatic heterocycles. The van der Waals surface area contributed by atoms with Gasteiger partial charge in [-0.25, -0.2) is 9.13 Å². The van der Waals surface area contributed by atoms with Crippen LogP contribution in [0.15, 0.2) is 0 Å². The van der Waals surface area contributed by atoms with E-state index in [-0.39, 0.29) is 25.7 Å². The molecule has 0 aliphatic rings. The van der Waals surface area contributed by atoms with Crippen molar-refractivity contribution < 1.29 is 80.2 Å². The van der Waals surface area contributed by atoms with Gasteiger partial charge < -0.3 is 33.8 Å². The van der Waals surface area contributed by atoms with Gasteiger partial charge in [-0.3, -0.25) is 37.3 Å². The molecule has 17 nitrogen and oxygen atoms in total. The Morgan fingerprint density at radius 1 is 0.260 bits per heavy atom. The van der Waals surface area contributed by atoms with Crippen LogP contribution in [-0.2, 0) is 65.4 Å². The average Bonchev–Trinajstić information content (AvgIpc) is 0.911. The first-order chi connectivity index (χ1) is 50.2. The summed E-state index contributed by atoms with van der Waals surface area (Å²) in [5.74, 6) is 0.237. The fourth-order valence-corrected chi connectivity index (χ4v) is 14.8. The highest BCUT2D eigenvalue weighted by Gasteiger charge is 2.30. The second kappa shape index (κ2) is 75.1. The zero-order chi connectivity index (χ0) is 76.5. The first kappa shape index (κ1) is 102.